The van der Waals surface area contributed by atoms with Gasteiger partial charge in [-0.05, 0) is 55.5 Å². The summed E-state index contributed by atoms with van der Waals surface area (Å²) in [7, 11) is 0. The first-order valence-electron chi connectivity index (χ1n) is 11.3. The van der Waals surface area contributed by atoms with Gasteiger partial charge in [-0.2, -0.15) is 0 Å². The SMILES string of the molecule is O=C(C1CCN(c2cccc3c2C(=O)N(Cc2ccc(Cl)cc2)C3=O)CC1)N1CCCC1. The van der Waals surface area contributed by atoms with Crippen molar-refractivity contribution >= 4 is 35.0 Å². The van der Waals surface area contributed by atoms with Gasteiger partial charge in [0.2, 0.25) is 5.91 Å². The van der Waals surface area contributed by atoms with Crippen LogP contribution in [0.15, 0.2) is 42.5 Å². The number of hydrogen-bond acceptors (Lipinski definition) is 4. The molecule has 0 atom stereocenters. The summed E-state index contributed by atoms with van der Waals surface area (Å²) in [5.41, 5.74) is 2.59. The fraction of sp³-hybridized carbons (Fsp3) is 0.400. The zero-order chi connectivity index (χ0) is 22.2. The smallest absolute Gasteiger partial charge is 0.263 e. The number of carbonyl (C=O) groups excluding carboxylic acids is 3. The quantitative estimate of drug-likeness (QED) is 0.660. The van der Waals surface area contributed by atoms with Crippen LogP contribution in [0.3, 0.4) is 0 Å². The molecule has 5 rings (SSSR count). The van der Waals surface area contributed by atoms with Gasteiger partial charge in [0.05, 0.1) is 23.4 Å². The van der Waals surface area contributed by atoms with Crippen LogP contribution in [0.4, 0.5) is 5.69 Å². The molecule has 6 nitrogen and oxygen atoms in total. The first kappa shape index (κ1) is 21.0. The summed E-state index contributed by atoms with van der Waals surface area (Å²) in [5.74, 6) is -0.188. The fourth-order valence-corrected chi connectivity index (χ4v) is 5.18. The number of anilines is 1. The van der Waals surface area contributed by atoms with E-state index in [2.05, 4.69) is 4.90 Å². The van der Waals surface area contributed by atoms with Crippen molar-refractivity contribution in [2.24, 2.45) is 5.92 Å². The Kier molecular flexibility index (Phi) is 5.64. The molecule has 2 aromatic rings. The van der Waals surface area contributed by atoms with Crippen LogP contribution in [0.2, 0.25) is 5.02 Å². The highest BCUT2D eigenvalue weighted by atomic mass is 35.5. The molecular weight excluding hydrogens is 426 g/mol. The number of imide groups is 1. The third-order valence-corrected chi connectivity index (χ3v) is 7.09. The van der Waals surface area contributed by atoms with Gasteiger partial charge in [-0.15, -0.1) is 0 Å². The first-order chi connectivity index (χ1) is 15.5. The summed E-state index contributed by atoms with van der Waals surface area (Å²) in [4.78, 5) is 44.5. The molecule has 32 heavy (non-hydrogen) atoms. The number of fused-ring (bicyclic) bond motifs is 1. The summed E-state index contributed by atoms with van der Waals surface area (Å²) in [6.07, 6.45) is 3.75. The molecule has 166 valence electrons. The molecule has 2 saturated heterocycles. The Morgan fingerprint density at radius 3 is 2.28 bits per heavy atom. The van der Waals surface area contributed by atoms with Gasteiger partial charge in [-0.25, -0.2) is 0 Å². The number of piperidine rings is 1. The average molecular weight is 452 g/mol. The third-order valence-electron chi connectivity index (χ3n) is 6.83. The zero-order valence-corrected chi connectivity index (χ0v) is 18.7. The maximum absolute atomic E-state index is 13.3. The van der Waals surface area contributed by atoms with E-state index in [1.54, 1.807) is 18.2 Å². The Balaban J connectivity index is 1.32. The molecule has 0 aromatic heterocycles. The number of likely N-dealkylation sites (tertiary alicyclic amines) is 1. The zero-order valence-electron chi connectivity index (χ0n) is 17.9. The van der Waals surface area contributed by atoms with Gasteiger partial charge >= 0.3 is 0 Å². The predicted octanol–water partition coefficient (Wildman–Crippen LogP) is 3.98. The maximum Gasteiger partial charge on any atom is 0.263 e. The van der Waals surface area contributed by atoms with Gasteiger partial charge in [-0.1, -0.05) is 29.8 Å². The van der Waals surface area contributed by atoms with Crippen molar-refractivity contribution in [3.63, 3.8) is 0 Å². The van der Waals surface area contributed by atoms with Crippen LogP contribution >= 0.6 is 11.6 Å². The van der Waals surface area contributed by atoms with Crippen molar-refractivity contribution in [1.82, 2.24) is 9.80 Å². The van der Waals surface area contributed by atoms with Crippen molar-refractivity contribution in [3.05, 3.63) is 64.2 Å². The number of hydrogen-bond donors (Lipinski definition) is 0. The molecule has 3 amide bonds. The molecule has 0 saturated carbocycles. The Labute approximate surface area is 192 Å². The largest absolute Gasteiger partial charge is 0.371 e. The van der Waals surface area contributed by atoms with Crippen molar-refractivity contribution < 1.29 is 14.4 Å². The minimum Gasteiger partial charge on any atom is -0.371 e. The molecule has 0 unspecified atom stereocenters. The van der Waals surface area contributed by atoms with Crippen molar-refractivity contribution in [1.29, 1.82) is 0 Å². The monoisotopic (exact) mass is 451 g/mol. The minimum atomic E-state index is -0.263. The normalized spacial score (nSPS) is 19.1. The summed E-state index contributed by atoms with van der Waals surface area (Å²) >= 11 is 5.96. The lowest BCUT2D eigenvalue weighted by Gasteiger charge is -2.35. The van der Waals surface area contributed by atoms with Crippen LogP contribution in [-0.4, -0.2) is 53.7 Å². The highest BCUT2D eigenvalue weighted by Crippen LogP contribution is 2.35. The predicted molar refractivity (Wildman–Crippen MR) is 123 cm³/mol. The molecule has 2 aromatic carbocycles. The van der Waals surface area contributed by atoms with Crippen LogP contribution in [0, 0.1) is 5.92 Å². The fourth-order valence-electron chi connectivity index (χ4n) is 5.06. The van der Waals surface area contributed by atoms with E-state index in [-0.39, 0.29) is 30.2 Å². The number of nitrogens with zero attached hydrogens (tertiary/aromatic N) is 3. The Hall–Kier alpha value is -2.86. The number of halogens is 1. The van der Waals surface area contributed by atoms with E-state index in [9.17, 15) is 14.4 Å². The summed E-state index contributed by atoms with van der Waals surface area (Å²) < 4.78 is 0. The van der Waals surface area contributed by atoms with Crippen molar-refractivity contribution in [3.8, 4) is 0 Å². The molecule has 3 aliphatic rings. The lowest BCUT2D eigenvalue weighted by Crippen LogP contribution is -2.42. The molecule has 0 N–H and O–H groups in total. The Bertz CT molecular complexity index is 1050. The molecule has 0 aliphatic carbocycles. The van der Waals surface area contributed by atoms with Gasteiger partial charge in [0.25, 0.3) is 11.8 Å². The van der Waals surface area contributed by atoms with Crippen LogP contribution < -0.4 is 4.90 Å². The van der Waals surface area contributed by atoms with Crippen LogP contribution in [0.1, 0.15) is 52.0 Å². The van der Waals surface area contributed by atoms with Gasteiger partial charge < -0.3 is 9.80 Å². The highest BCUT2D eigenvalue weighted by Gasteiger charge is 2.39. The maximum atomic E-state index is 13.3. The highest BCUT2D eigenvalue weighted by molar-refractivity contribution is 6.30. The number of benzene rings is 2. The second kappa shape index (κ2) is 8.58. The second-order valence-electron chi connectivity index (χ2n) is 8.82. The van der Waals surface area contributed by atoms with Crippen LogP contribution in [-0.2, 0) is 11.3 Å². The van der Waals surface area contributed by atoms with E-state index in [0.29, 0.717) is 29.2 Å². The summed E-state index contributed by atoms with van der Waals surface area (Å²) in [6, 6.07) is 12.7. The third kappa shape index (κ3) is 3.77. The van der Waals surface area contributed by atoms with Gasteiger partial charge in [0.15, 0.2) is 0 Å². The van der Waals surface area contributed by atoms with Crippen molar-refractivity contribution in [2.45, 2.75) is 32.2 Å². The molecule has 7 heteroatoms. The Morgan fingerprint density at radius 1 is 0.906 bits per heavy atom. The minimum absolute atomic E-state index is 0.0554. The van der Waals surface area contributed by atoms with Crippen LogP contribution in [0.5, 0.6) is 0 Å². The summed E-state index contributed by atoms with van der Waals surface area (Å²) in [6.45, 7) is 3.39. The number of carbonyl (C=O) groups is 3. The lowest BCUT2D eigenvalue weighted by molar-refractivity contribution is -0.135. The van der Waals surface area contributed by atoms with E-state index in [0.717, 1.165) is 50.0 Å². The summed E-state index contributed by atoms with van der Waals surface area (Å²) in [5, 5.41) is 0.616. The van der Waals surface area contributed by atoms with Crippen LogP contribution in [0.25, 0.3) is 0 Å². The van der Waals surface area contributed by atoms with E-state index < -0.39 is 0 Å². The second-order valence-corrected chi connectivity index (χ2v) is 9.25. The average Bonchev–Trinajstić information content (AvgIpc) is 3.44. The van der Waals surface area contributed by atoms with E-state index in [4.69, 9.17) is 11.6 Å². The molecule has 0 radical (unpaired) electrons. The van der Waals surface area contributed by atoms with E-state index in [1.165, 1.54) is 4.90 Å². The van der Waals surface area contributed by atoms with Crippen molar-refractivity contribution in [2.75, 3.05) is 31.1 Å². The van der Waals surface area contributed by atoms with E-state index in [1.807, 2.05) is 29.2 Å². The molecule has 0 spiro atoms. The molecular formula is C25H26ClN3O3. The molecule has 2 fully saturated rings. The molecule has 0 bridgehead atoms. The van der Waals surface area contributed by atoms with Gasteiger partial charge in [0.1, 0.15) is 0 Å². The molecule has 3 aliphatic heterocycles. The molecule has 3 heterocycles. The van der Waals surface area contributed by atoms with E-state index >= 15 is 0 Å². The van der Waals surface area contributed by atoms with Gasteiger partial charge in [0, 0.05) is 37.1 Å². The standard InChI is InChI=1S/C25H26ClN3O3/c26-19-8-6-17(7-9-19)16-29-24(31)20-4-3-5-21(22(20)25(29)32)27-14-10-18(11-15-27)23(30)28-12-1-2-13-28/h3-9,18H,1-2,10-16H2. The van der Waals surface area contributed by atoms with Gasteiger partial charge in [-0.3, -0.25) is 19.3 Å². The topological polar surface area (TPSA) is 60.9 Å². The Morgan fingerprint density at radius 2 is 1.59 bits per heavy atom. The lowest BCUT2D eigenvalue weighted by atomic mass is 9.94. The first-order valence-corrected chi connectivity index (χ1v) is 11.7. The number of rotatable bonds is 4. The number of amides is 3.